The quantitative estimate of drug-likeness (QED) is 0.283. The van der Waals surface area contributed by atoms with Gasteiger partial charge in [-0.25, -0.2) is 9.37 Å². The van der Waals surface area contributed by atoms with Crippen molar-refractivity contribution in [1.82, 2.24) is 19.9 Å². The van der Waals surface area contributed by atoms with Crippen LogP contribution in [0.1, 0.15) is 19.8 Å². The molecule has 0 radical (unpaired) electrons. The van der Waals surface area contributed by atoms with Crippen molar-refractivity contribution in [2.75, 3.05) is 23.6 Å². The third-order valence-electron chi connectivity index (χ3n) is 5.03. The van der Waals surface area contributed by atoms with Gasteiger partial charge in [0.15, 0.2) is 5.13 Å². The van der Waals surface area contributed by atoms with Gasteiger partial charge in [-0.15, -0.1) is 22.9 Å². The molecule has 31 heavy (non-hydrogen) atoms. The Morgan fingerprint density at radius 3 is 2.90 bits per heavy atom. The maximum atomic E-state index is 13.3. The number of benzene rings is 1. The van der Waals surface area contributed by atoms with Crippen LogP contribution in [0.15, 0.2) is 65.2 Å². The molecule has 1 aromatic carbocycles. The topological polar surface area (TPSA) is 43.4 Å². The average molecular weight is 478 g/mol. The van der Waals surface area contributed by atoms with Crippen LogP contribution in [-0.2, 0) is 0 Å². The first-order chi connectivity index (χ1) is 15.1. The first-order valence-electron chi connectivity index (χ1n) is 10.2. The Kier molecular flexibility index (Phi) is 7.09. The van der Waals surface area contributed by atoms with E-state index in [2.05, 4.69) is 45.1 Å². The van der Waals surface area contributed by atoms with Crippen molar-refractivity contribution in [3.05, 3.63) is 71.0 Å². The van der Waals surface area contributed by atoms with Crippen molar-refractivity contribution >= 4 is 40.0 Å². The van der Waals surface area contributed by atoms with Crippen LogP contribution < -0.4 is 14.9 Å². The molecule has 2 aliphatic rings. The summed E-state index contributed by atoms with van der Waals surface area (Å²) in [6.07, 6.45) is 8.34. The van der Waals surface area contributed by atoms with Crippen LogP contribution in [0.25, 0.3) is 11.3 Å². The Bertz CT molecular complexity index is 1000. The number of fused-ring (bicyclic) bond motifs is 1. The van der Waals surface area contributed by atoms with E-state index in [1.165, 1.54) is 17.8 Å². The molecule has 2 aliphatic heterocycles. The lowest BCUT2D eigenvalue weighted by Gasteiger charge is -2.31. The summed E-state index contributed by atoms with van der Waals surface area (Å²) >= 11 is 9.01. The Morgan fingerprint density at radius 1 is 1.35 bits per heavy atom. The predicted octanol–water partition coefficient (Wildman–Crippen LogP) is 5.47. The molecule has 0 saturated carbocycles. The van der Waals surface area contributed by atoms with Crippen LogP contribution in [0.3, 0.4) is 0 Å². The van der Waals surface area contributed by atoms with E-state index in [0.717, 1.165) is 46.5 Å². The molecule has 1 atom stereocenters. The van der Waals surface area contributed by atoms with Gasteiger partial charge in [0.2, 0.25) is 0 Å². The number of allylic oxidation sites excluding steroid dienone is 2. The Morgan fingerprint density at radius 2 is 2.16 bits per heavy atom. The van der Waals surface area contributed by atoms with Gasteiger partial charge in [-0.1, -0.05) is 18.9 Å². The predicted molar refractivity (Wildman–Crippen MR) is 130 cm³/mol. The molecule has 3 heterocycles. The highest BCUT2D eigenvalue weighted by Crippen LogP contribution is 2.35. The number of halogens is 2. The third kappa shape index (κ3) is 4.86. The number of anilines is 1. The highest BCUT2D eigenvalue weighted by Gasteiger charge is 2.33. The second-order valence-electron chi connectivity index (χ2n) is 7.17. The van der Waals surface area contributed by atoms with Gasteiger partial charge in [-0.05, 0) is 49.3 Å². The number of nitrogens with one attached hydrogen (secondary N) is 2. The number of rotatable bonds is 9. The average Bonchev–Trinajstić information content (AvgIpc) is 3.41. The minimum atomic E-state index is -0.243. The molecule has 0 fully saturated rings. The summed E-state index contributed by atoms with van der Waals surface area (Å²) in [7, 11) is 2.04. The van der Waals surface area contributed by atoms with Crippen molar-refractivity contribution in [3.8, 4) is 11.3 Å². The monoisotopic (exact) mass is 477 g/mol. The van der Waals surface area contributed by atoms with E-state index in [0.29, 0.717) is 5.88 Å². The fourth-order valence-corrected chi connectivity index (χ4v) is 5.26. The smallest absolute Gasteiger partial charge is 0.191 e. The van der Waals surface area contributed by atoms with E-state index < -0.39 is 0 Å². The lowest BCUT2D eigenvalue weighted by molar-refractivity contribution is 0.388. The van der Waals surface area contributed by atoms with Crippen molar-refractivity contribution < 1.29 is 4.39 Å². The van der Waals surface area contributed by atoms with Gasteiger partial charge in [-0.2, -0.15) is 0 Å². The van der Waals surface area contributed by atoms with E-state index in [4.69, 9.17) is 16.6 Å². The summed E-state index contributed by atoms with van der Waals surface area (Å²) < 4.78 is 16.7. The van der Waals surface area contributed by atoms with E-state index in [1.54, 1.807) is 35.4 Å². The fraction of sp³-hybridized carbons (Fsp3) is 0.318. The van der Waals surface area contributed by atoms with E-state index in [9.17, 15) is 4.39 Å². The second kappa shape index (κ2) is 9.97. The van der Waals surface area contributed by atoms with Crippen molar-refractivity contribution in [3.63, 3.8) is 0 Å². The van der Waals surface area contributed by atoms with Gasteiger partial charge in [-0.3, -0.25) is 0 Å². The summed E-state index contributed by atoms with van der Waals surface area (Å²) in [6.45, 7) is 2.15. The standard InChI is InChI=1S/C22H25ClFN5S2/c1-3-18-21(29-13-17(9-10-20(29)25-18)27-31-12-4-11-23)28(2)22-26-19(14-30-22)15-5-7-16(24)8-6-15/h5-10,13-14,20,25,27H,3-4,11-12H2,1-2H3. The maximum absolute atomic E-state index is 13.3. The number of nitrogens with zero attached hydrogens (tertiary/aromatic N) is 3. The fourth-order valence-electron chi connectivity index (χ4n) is 3.49. The third-order valence-corrected chi connectivity index (χ3v) is 7.09. The molecular formula is C22H25ClFN5S2. The van der Waals surface area contributed by atoms with E-state index >= 15 is 0 Å². The molecule has 0 aliphatic carbocycles. The SMILES string of the molecule is CCC1=C(N(C)c2nc(-c3ccc(F)cc3)cs2)N2C=C(NSCCCCl)C=CC2N1. The number of aromatic nitrogens is 1. The van der Waals surface area contributed by atoms with Crippen LogP contribution in [-0.4, -0.2) is 34.7 Å². The lowest BCUT2D eigenvalue weighted by atomic mass is 10.2. The molecule has 0 amide bonds. The van der Waals surface area contributed by atoms with E-state index in [1.807, 2.05) is 12.4 Å². The van der Waals surface area contributed by atoms with Crippen LogP contribution >= 0.6 is 34.9 Å². The minimum Gasteiger partial charge on any atom is -0.362 e. The molecule has 1 unspecified atom stereocenters. The van der Waals surface area contributed by atoms with Crippen molar-refractivity contribution in [2.45, 2.75) is 25.9 Å². The number of thiazole rings is 1. The van der Waals surface area contributed by atoms with Crippen molar-refractivity contribution in [2.24, 2.45) is 0 Å². The van der Waals surface area contributed by atoms with Crippen LogP contribution in [0, 0.1) is 5.82 Å². The lowest BCUT2D eigenvalue weighted by Crippen LogP contribution is -2.38. The second-order valence-corrected chi connectivity index (χ2v) is 9.29. The Labute approximate surface area is 195 Å². The summed E-state index contributed by atoms with van der Waals surface area (Å²) in [5.41, 5.74) is 3.97. The molecule has 2 aromatic rings. The zero-order valence-electron chi connectivity index (χ0n) is 17.4. The summed E-state index contributed by atoms with van der Waals surface area (Å²) in [5.74, 6) is 2.48. The molecule has 0 saturated heterocycles. The minimum absolute atomic E-state index is 0.0855. The molecule has 1 aromatic heterocycles. The normalized spacial score (nSPS) is 17.5. The largest absolute Gasteiger partial charge is 0.362 e. The van der Waals surface area contributed by atoms with Gasteiger partial charge < -0.3 is 19.8 Å². The highest BCUT2D eigenvalue weighted by atomic mass is 35.5. The zero-order chi connectivity index (χ0) is 21.8. The molecule has 5 nitrogen and oxygen atoms in total. The van der Waals surface area contributed by atoms with Gasteiger partial charge in [0.1, 0.15) is 17.8 Å². The molecular weight excluding hydrogens is 453 g/mol. The molecule has 0 spiro atoms. The first kappa shape index (κ1) is 22.0. The van der Waals surface area contributed by atoms with E-state index in [-0.39, 0.29) is 12.0 Å². The molecule has 4 rings (SSSR count). The molecule has 9 heteroatoms. The molecule has 164 valence electrons. The molecule has 2 N–H and O–H groups in total. The number of alkyl halides is 1. The number of hydrogen-bond acceptors (Lipinski definition) is 7. The van der Waals surface area contributed by atoms with Crippen LogP contribution in [0.4, 0.5) is 9.52 Å². The first-order valence-corrected chi connectivity index (χ1v) is 12.6. The van der Waals surface area contributed by atoms with Crippen LogP contribution in [0.5, 0.6) is 0 Å². The van der Waals surface area contributed by atoms with Gasteiger partial charge in [0.05, 0.1) is 17.1 Å². The summed E-state index contributed by atoms with van der Waals surface area (Å²) in [4.78, 5) is 9.17. The maximum Gasteiger partial charge on any atom is 0.191 e. The van der Waals surface area contributed by atoms with Gasteiger partial charge in [0, 0.05) is 35.8 Å². The van der Waals surface area contributed by atoms with Gasteiger partial charge >= 0.3 is 0 Å². The summed E-state index contributed by atoms with van der Waals surface area (Å²) in [6, 6.07) is 6.45. The molecule has 0 bridgehead atoms. The Balaban J connectivity index is 1.55. The highest BCUT2D eigenvalue weighted by molar-refractivity contribution is 7.97. The zero-order valence-corrected chi connectivity index (χ0v) is 19.8. The van der Waals surface area contributed by atoms with Crippen LogP contribution in [0.2, 0.25) is 0 Å². The summed E-state index contributed by atoms with van der Waals surface area (Å²) in [5, 5.41) is 6.50. The number of hydrogen-bond donors (Lipinski definition) is 2. The van der Waals surface area contributed by atoms with Crippen molar-refractivity contribution in [1.29, 1.82) is 0 Å². The Hall–Kier alpha value is -2.16. The van der Waals surface area contributed by atoms with Gasteiger partial charge in [0.25, 0.3) is 0 Å².